The molecule has 4 nitrogen and oxygen atoms in total. The van der Waals surface area contributed by atoms with Gasteiger partial charge in [-0.1, -0.05) is 113 Å². The predicted molar refractivity (Wildman–Crippen MR) is 188 cm³/mol. The molecule has 7 rings (SSSR count). The third-order valence-electron chi connectivity index (χ3n) is 9.23. The highest BCUT2D eigenvalue weighted by Gasteiger charge is 2.37. The number of aryl methyl sites for hydroxylation is 4. The first-order chi connectivity index (χ1) is 21.9. The second-order valence-electron chi connectivity index (χ2n) is 11.7. The van der Waals surface area contributed by atoms with Crippen molar-refractivity contribution in [2.45, 2.75) is 53.4 Å². The highest BCUT2D eigenvalue weighted by molar-refractivity contribution is 7.52. The third-order valence-corrected chi connectivity index (χ3v) is 10.1. The lowest BCUT2D eigenvalue weighted by Gasteiger charge is -2.22. The van der Waals surface area contributed by atoms with Gasteiger partial charge in [0.2, 0.25) is 0 Å². The first kappa shape index (κ1) is 29.3. The average Bonchev–Trinajstić information content (AvgIpc) is 3.20. The summed E-state index contributed by atoms with van der Waals surface area (Å²) in [4.78, 5) is 0. The van der Waals surface area contributed by atoms with Crippen LogP contribution in [0.5, 0.6) is 11.5 Å². The minimum absolute atomic E-state index is 0.510. The van der Waals surface area contributed by atoms with Crippen LogP contribution >= 0.6 is 7.75 Å². The van der Waals surface area contributed by atoms with Gasteiger partial charge < -0.3 is 9.05 Å². The molecule has 6 aromatic carbocycles. The lowest BCUT2D eigenvalue weighted by Crippen LogP contribution is -2.09. The molecule has 1 heterocycles. The summed E-state index contributed by atoms with van der Waals surface area (Å²) in [6.07, 6.45) is 3.38. The Morgan fingerprint density at radius 1 is 0.511 bits per heavy atom. The van der Waals surface area contributed by atoms with E-state index in [0.29, 0.717) is 11.5 Å². The summed E-state index contributed by atoms with van der Waals surface area (Å²) < 4.78 is 27.3. The van der Waals surface area contributed by atoms with Crippen LogP contribution < -0.4 is 14.6 Å². The van der Waals surface area contributed by atoms with E-state index >= 15 is 0 Å². The Morgan fingerprint density at radius 2 is 0.867 bits per heavy atom. The van der Waals surface area contributed by atoms with Crippen molar-refractivity contribution >= 4 is 29.3 Å². The third kappa shape index (κ3) is 4.84. The van der Waals surface area contributed by atoms with Gasteiger partial charge in [-0.3, -0.25) is 0 Å². The minimum Gasteiger partial charge on any atom is -0.403 e. The molecule has 6 aromatic rings. The monoisotopic (exact) mass is 611 g/mol. The number of fused-ring (bicyclic) bond motifs is 7. The van der Waals surface area contributed by atoms with Gasteiger partial charge in [0.15, 0.2) is 0 Å². The quantitative estimate of drug-likeness (QED) is 0.190. The molecule has 0 bridgehead atoms. The van der Waals surface area contributed by atoms with Gasteiger partial charge in [-0.25, -0.2) is 10.1 Å². The summed E-state index contributed by atoms with van der Waals surface area (Å²) in [5, 5.41) is 4.13. The van der Waals surface area contributed by atoms with E-state index in [4.69, 9.17) is 14.6 Å². The number of hydrogen-bond donors (Lipinski definition) is 1. The molecule has 1 aliphatic rings. The van der Waals surface area contributed by atoms with E-state index in [1.807, 2.05) is 12.1 Å². The molecular formula is C40H38NO3P. The van der Waals surface area contributed by atoms with Crippen molar-refractivity contribution < 1.29 is 13.6 Å². The maximum atomic E-state index is 14.4. The zero-order chi connectivity index (χ0) is 31.3. The van der Waals surface area contributed by atoms with Crippen molar-refractivity contribution in [3.05, 3.63) is 119 Å². The zero-order valence-electron chi connectivity index (χ0n) is 26.3. The molecule has 2 N–H and O–H groups in total. The van der Waals surface area contributed by atoms with Crippen molar-refractivity contribution in [1.82, 2.24) is 0 Å². The second-order valence-corrected chi connectivity index (χ2v) is 13.2. The van der Waals surface area contributed by atoms with E-state index in [9.17, 15) is 4.57 Å². The van der Waals surface area contributed by atoms with Crippen molar-refractivity contribution in [2.75, 3.05) is 0 Å². The van der Waals surface area contributed by atoms with Gasteiger partial charge in [-0.05, 0) is 92.7 Å². The number of nitrogens with two attached hydrogens (primary N) is 1. The van der Waals surface area contributed by atoms with Gasteiger partial charge in [-0.2, -0.15) is 0 Å². The summed E-state index contributed by atoms with van der Waals surface area (Å²) in [6, 6.07) is 34.0. The Labute approximate surface area is 265 Å². The van der Waals surface area contributed by atoms with Crippen LogP contribution in [0.25, 0.3) is 54.9 Å². The van der Waals surface area contributed by atoms with E-state index in [1.165, 1.54) is 22.3 Å². The highest BCUT2D eigenvalue weighted by atomic mass is 31.2. The van der Waals surface area contributed by atoms with E-state index in [0.717, 1.165) is 80.6 Å². The zero-order valence-corrected chi connectivity index (χ0v) is 27.2. The van der Waals surface area contributed by atoms with Gasteiger partial charge in [0, 0.05) is 22.3 Å². The van der Waals surface area contributed by atoms with Crippen LogP contribution in [-0.2, 0) is 30.2 Å². The van der Waals surface area contributed by atoms with Crippen molar-refractivity contribution in [3.63, 3.8) is 0 Å². The molecule has 226 valence electrons. The second kappa shape index (κ2) is 11.5. The average molecular weight is 612 g/mol. The van der Waals surface area contributed by atoms with Crippen LogP contribution in [0.3, 0.4) is 0 Å². The molecule has 5 heteroatoms. The van der Waals surface area contributed by atoms with Crippen molar-refractivity contribution in [2.24, 2.45) is 5.50 Å². The fourth-order valence-corrected chi connectivity index (χ4v) is 8.09. The first-order valence-electron chi connectivity index (χ1n) is 16.0. The van der Waals surface area contributed by atoms with Gasteiger partial charge in [0.25, 0.3) is 0 Å². The lowest BCUT2D eigenvalue weighted by atomic mass is 9.83. The molecular weight excluding hydrogens is 573 g/mol. The molecule has 0 amide bonds. The predicted octanol–water partition coefficient (Wildman–Crippen LogP) is 11.1. The van der Waals surface area contributed by atoms with E-state index in [2.05, 4.69) is 113 Å². The fraction of sp³-hybridized carbons (Fsp3) is 0.200. The number of hydrogen-bond acceptors (Lipinski definition) is 3. The molecule has 0 aliphatic carbocycles. The normalized spacial score (nSPS) is 13.5. The van der Waals surface area contributed by atoms with Crippen molar-refractivity contribution in [3.8, 4) is 44.9 Å². The Balaban J connectivity index is 1.73. The number of rotatable bonds is 6. The number of benzene rings is 6. The van der Waals surface area contributed by atoms with Crippen LogP contribution in [-0.4, -0.2) is 0 Å². The van der Waals surface area contributed by atoms with Gasteiger partial charge in [0.1, 0.15) is 11.5 Å². The standard InChI is InChI=1S/C40H38NO3P/c1-5-25-17-13-18-26(6-2)35(25)33-23-29-15-9-11-21-31(29)37-38-32-22-12-10-16-30(32)24-34(40(38)44-45(41,42)43-39(33)37)36-27(7-3)19-14-20-28(36)8-4/h9-24H,5-8H2,1-4H3,(H2,41,42). The van der Waals surface area contributed by atoms with Gasteiger partial charge in [-0.15, -0.1) is 0 Å². The van der Waals surface area contributed by atoms with Crippen LogP contribution in [0.4, 0.5) is 0 Å². The molecule has 0 saturated heterocycles. The molecule has 0 saturated carbocycles. The smallest absolute Gasteiger partial charge is 0.403 e. The van der Waals surface area contributed by atoms with E-state index < -0.39 is 7.75 Å². The fourth-order valence-electron chi connectivity index (χ4n) is 7.16. The van der Waals surface area contributed by atoms with Gasteiger partial charge >= 0.3 is 7.75 Å². The largest absolute Gasteiger partial charge is 0.510 e. The first-order valence-corrected chi connectivity index (χ1v) is 17.6. The Morgan fingerprint density at radius 3 is 1.22 bits per heavy atom. The van der Waals surface area contributed by atoms with Crippen LogP contribution in [0.15, 0.2) is 97.1 Å². The lowest BCUT2D eigenvalue weighted by molar-refractivity contribution is 0.394. The van der Waals surface area contributed by atoms with E-state index in [1.54, 1.807) is 0 Å². The Bertz CT molecular complexity index is 1970. The molecule has 0 fully saturated rings. The molecule has 1 aliphatic heterocycles. The topological polar surface area (TPSA) is 61.5 Å². The molecule has 0 atom stereocenters. The molecule has 0 radical (unpaired) electrons. The van der Waals surface area contributed by atoms with Gasteiger partial charge in [0.05, 0.1) is 0 Å². The SMILES string of the molecule is CCc1cccc(CC)c1-c1cc2ccccc2c2c1OP(N)(=O)Oc1c(-c3c(CC)cccc3CC)cc3ccccc3c1-2. The van der Waals surface area contributed by atoms with Crippen molar-refractivity contribution in [1.29, 1.82) is 0 Å². The summed E-state index contributed by atoms with van der Waals surface area (Å²) in [5.41, 5.74) is 17.1. The van der Waals surface area contributed by atoms with Crippen LogP contribution in [0.1, 0.15) is 49.9 Å². The summed E-state index contributed by atoms with van der Waals surface area (Å²) in [5.74, 6) is 1.02. The van der Waals surface area contributed by atoms with E-state index in [-0.39, 0.29) is 0 Å². The maximum absolute atomic E-state index is 14.4. The maximum Gasteiger partial charge on any atom is 0.510 e. The highest BCUT2D eigenvalue weighted by Crippen LogP contribution is 2.61. The summed E-state index contributed by atoms with van der Waals surface area (Å²) in [7, 11) is -4.14. The summed E-state index contributed by atoms with van der Waals surface area (Å²) in [6.45, 7) is 8.67. The molecule has 0 unspecified atom stereocenters. The Hall–Kier alpha value is -4.37. The van der Waals surface area contributed by atoms with Crippen LogP contribution in [0, 0.1) is 0 Å². The molecule has 0 aromatic heterocycles. The van der Waals surface area contributed by atoms with Crippen LogP contribution in [0.2, 0.25) is 0 Å². The minimum atomic E-state index is -4.14. The Kier molecular flexibility index (Phi) is 7.52. The molecule has 45 heavy (non-hydrogen) atoms. The summed E-state index contributed by atoms with van der Waals surface area (Å²) >= 11 is 0. The molecule has 0 spiro atoms.